The molecule has 0 aromatic heterocycles. The fourth-order valence-electron chi connectivity index (χ4n) is 2.59. The van der Waals surface area contributed by atoms with Crippen LogP contribution in [0.25, 0.3) is 0 Å². The Morgan fingerprint density at radius 3 is 2.46 bits per heavy atom. The predicted molar refractivity (Wildman–Crippen MR) is 96.8 cm³/mol. The third-order valence-electron chi connectivity index (χ3n) is 4.11. The minimum absolute atomic E-state index is 0.152. The van der Waals surface area contributed by atoms with Crippen molar-refractivity contribution in [3.8, 4) is 0 Å². The Hall–Kier alpha value is -2.41. The van der Waals surface area contributed by atoms with Crippen molar-refractivity contribution in [3.05, 3.63) is 29.8 Å². The summed E-state index contributed by atoms with van der Waals surface area (Å²) in [6, 6.07) is 6.52. The second-order valence-electron chi connectivity index (χ2n) is 6.35. The molecule has 1 N–H and O–H groups in total. The van der Waals surface area contributed by atoms with Gasteiger partial charge in [-0.15, -0.1) is 0 Å². The van der Waals surface area contributed by atoms with Crippen LogP contribution in [-0.4, -0.2) is 56.1 Å². The number of esters is 2. The third-order valence-corrected chi connectivity index (χ3v) is 4.11. The monoisotopic (exact) mass is 362 g/mol. The van der Waals surface area contributed by atoms with E-state index in [1.807, 2.05) is 4.90 Å². The highest BCUT2D eigenvalue weighted by molar-refractivity contribution is 5.94. The van der Waals surface area contributed by atoms with Crippen LogP contribution in [0, 0.1) is 5.92 Å². The summed E-state index contributed by atoms with van der Waals surface area (Å²) in [5.74, 6) is -0.200. The van der Waals surface area contributed by atoms with Crippen molar-refractivity contribution in [1.29, 1.82) is 0 Å². The molecule has 0 atom stereocenters. The normalized spacial score (nSPS) is 13.3. The van der Waals surface area contributed by atoms with Gasteiger partial charge in [0.25, 0.3) is 0 Å². The molecule has 142 valence electrons. The number of anilines is 1. The zero-order chi connectivity index (χ0) is 18.9. The minimum atomic E-state index is -0.419. The van der Waals surface area contributed by atoms with Crippen LogP contribution in [0.15, 0.2) is 24.3 Å². The number of amides is 1. The maximum absolute atomic E-state index is 12.3. The molecule has 26 heavy (non-hydrogen) atoms. The van der Waals surface area contributed by atoms with Crippen LogP contribution in [0.1, 0.15) is 36.5 Å². The molecule has 7 heteroatoms. The lowest BCUT2D eigenvalue weighted by Crippen LogP contribution is -2.36. The van der Waals surface area contributed by atoms with Gasteiger partial charge >= 0.3 is 11.9 Å². The number of nitrogens with zero attached hydrogens (tertiary/aromatic N) is 1. The number of carbonyl (C=O) groups is 3. The molecular formula is C19H26N2O5. The van der Waals surface area contributed by atoms with Gasteiger partial charge in [-0.2, -0.15) is 0 Å². The van der Waals surface area contributed by atoms with Crippen LogP contribution in [0.2, 0.25) is 0 Å². The fourth-order valence-corrected chi connectivity index (χ4v) is 2.59. The van der Waals surface area contributed by atoms with Gasteiger partial charge in [-0.05, 0) is 49.9 Å². The van der Waals surface area contributed by atoms with Crippen LogP contribution >= 0.6 is 0 Å². The summed E-state index contributed by atoms with van der Waals surface area (Å²) in [5, 5.41) is 2.81. The van der Waals surface area contributed by atoms with E-state index in [4.69, 9.17) is 4.74 Å². The number of methoxy groups -OCH3 is 1. The van der Waals surface area contributed by atoms with Crippen molar-refractivity contribution in [3.63, 3.8) is 0 Å². The molecule has 0 saturated heterocycles. The summed E-state index contributed by atoms with van der Waals surface area (Å²) >= 11 is 0. The maximum Gasteiger partial charge on any atom is 0.337 e. The van der Waals surface area contributed by atoms with Gasteiger partial charge in [0.05, 0.1) is 32.2 Å². The molecule has 0 aliphatic heterocycles. The highest BCUT2D eigenvalue weighted by Gasteiger charge is 2.25. The molecule has 1 saturated carbocycles. The summed E-state index contributed by atoms with van der Waals surface area (Å²) in [6.07, 6.45) is 2.63. The highest BCUT2D eigenvalue weighted by Crippen LogP contribution is 2.29. The summed E-state index contributed by atoms with van der Waals surface area (Å²) in [5.41, 5.74) is 1.04. The van der Waals surface area contributed by atoms with E-state index in [0.717, 1.165) is 6.54 Å². The topological polar surface area (TPSA) is 84.9 Å². The van der Waals surface area contributed by atoms with E-state index in [1.54, 1.807) is 31.2 Å². The number of hydrogen-bond acceptors (Lipinski definition) is 6. The largest absolute Gasteiger partial charge is 0.466 e. The van der Waals surface area contributed by atoms with Crippen LogP contribution in [-0.2, 0) is 19.1 Å². The standard InChI is InChI=1S/C19H26N2O5/c1-3-26-18(23)10-11-21(12-14-4-5-14)13-17(22)20-16-8-6-15(7-9-16)19(24)25-2/h6-9,14H,3-5,10-13H2,1-2H3,(H,20,22). The number of rotatable bonds is 10. The SMILES string of the molecule is CCOC(=O)CCN(CC(=O)Nc1ccc(C(=O)OC)cc1)CC1CC1. The van der Waals surface area contributed by atoms with E-state index < -0.39 is 5.97 Å². The molecule has 0 spiro atoms. The molecule has 0 unspecified atom stereocenters. The Bertz CT molecular complexity index is 625. The summed E-state index contributed by atoms with van der Waals surface area (Å²) in [7, 11) is 1.32. The van der Waals surface area contributed by atoms with Gasteiger partial charge in [0.1, 0.15) is 0 Å². The van der Waals surface area contributed by atoms with Gasteiger partial charge in [0.2, 0.25) is 5.91 Å². The van der Waals surface area contributed by atoms with E-state index >= 15 is 0 Å². The van der Waals surface area contributed by atoms with Crippen molar-refractivity contribution < 1.29 is 23.9 Å². The Kier molecular flexibility index (Phi) is 7.59. The molecule has 7 nitrogen and oxygen atoms in total. The van der Waals surface area contributed by atoms with E-state index in [1.165, 1.54) is 20.0 Å². The van der Waals surface area contributed by atoms with Crippen LogP contribution in [0.3, 0.4) is 0 Å². The van der Waals surface area contributed by atoms with Crippen LogP contribution in [0.4, 0.5) is 5.69 Å². The molecule has 0 heterocycles. The lowest BCUT2D eigenvalue weighted by Gasteiger charge is -2.21. The number of nitrogens with one attached hydrogen (secondary N) is 1. The lowest BCUT2D eigenvalue weighted by atomic mass is 10.2. The molecule has 1 fully saturated rings. The number of hydrogen-bond donors (Lipinski definition) is 1. The number of ether oxygens (including phenoxy) is 2. The molecule has 1 aliphatic carbocycles. The second kappa shape index (κ2) is 9.91. The van der Waals surface area contributed by atoms with Crippen molar-refractivity contribution in [2.24, 2.45) is 5.92 Å². The summed E-state index contributed by atoms with van der Waals surface area (Å²) in [6.45, 7) is 3.68. The van der Waals surface area contributed by atoms with Crippen LogP contribution < -0.4 is 5.32 Å². The highest BCUT2D eigenvalue weighted by atomic mass is 16.5. The average molecular weight is 362 g/mol. The Morgan fingerprint density at radius 1 is 1.19 bits per heavy atom. The lowest BCUT2D eigenvalue weighted by molar-refractivity contribution is -0.143. The molecule has 1 amide bonds. The summed E-state index contributed by atoms with van der Waals surface area (Å²) in [4.78, 5) is 37.3. The Labute approximate surface area is 153 Å². The van der Waals surface area contributed by atoms with Gasteiger partial charge in [0.15, 0.2) is 0 Å². The smallest absolute Gasteiger partial charge is 0.337 e. The first-order valence-electron chi connectivity index (χ1n) is 8.88. The average Bonchev–Trinajstić information content (AvgIpc) is 3.44. The predicted octanol–water partition coefficient (Wildman–Crippen LogP) is 2.08. The first-order chi connectivity index (χ1) is 12.5. The van der Waals surface area contributed by atoms with Crippen molar-refractivity contribution in [2.75, 3.05) is 38.7 Å². The van der Waals surface area contributed by atoms with Gasteiger partial charge in [-0.3, -0.25) is 14.5 Å². The van der Waals surface area contributed by atoms with Gasteiger partial charge < -0.3 is 14.8 Å². The van der Waals surface area contributed by atoms with Gasteiger partial charge in [-0.25, -0.2) is 4.79 Å². The Balaban J connectivity index is 1.85. The third kappa shape index (κ3) is 6.84. The molecule has 1 aromatic rings. The van der Waals surface area contributed by atoms with E-state index in [0.29, 0.717) is 30.3 Å². The van der Waals surface area contributed by atoms with Crippen molar-refractivity contribution in [2.45, 2.75) is 26.2 Å². The van der Waals surface area contributed by atoms with E-state index in [-0.39, 0.29) is 24.8 Å². The zero-order valence-corrected chi connectivity index (χ0v) is 15.3. The molecule has 1 aliphatic rings. The van der Waals surface area contributed by atoms with Gasteiger partial charge in [0, 0.05) is 18.8 Å². The number of carbonyl (C=O) groups excluding carboxylic acids is 3. The van der Waals surface area contributed by atoms with Crippen molar-refractivity contribution >= 4 is 23.5 Å². The molecule has 0 radical (unpaired) electrons. The first-order valence-corrected chi connectivity index (χ1v) is 8.88. The molecule has 0 bridgehead atoms. The van der Waals surface area contributed by atoms with E-state index in [2.05, 4.69) is 10.1 Å². The van der Waals surface area contributed by atoms with E-state index in [9.17, 15) is 14.4 Å². The zero-order valence-electron chi connectivity index (χ0n) is 15.3. The van der Waals surface area contributed by atoms with Crippen molar-refractivity contribution in [1.82, 2.24) is 4.90 Å². The van der Waals surface area contributed by atoms with Gasteiger partial charge in [-0.1, -0.05) is 0 Å². The maximum atomic E-state index is 12.3. The quantitative estimate of drug-likeness (QED) is 0.642. The molecular weight excluding hydrogens is 336 g/mol. The number of benzene rings is 1. The minimum Gasteiger partial charge on any atom is -0.466 e. The summed E-state index contributed by atoms with van der Waals surface area (Å²) < 4.78 is 9.59. The molecule has 1 aromatic carbocycles. The second-order valence-corrected chi connectivity index (χ2v) is 6.35. The first kappa shape index (κ1) is 19.9. The van der Waals surface area contributed by atoms with Crippen LogP contribution in [0.5, 0.6) is 0 Å². The molecule has 2 rings (SSSR count). The fraction of sp³-hybridized carbons (Fsp3) is 0.526. The Morgan fingerprint density at radius 2 is 1.88 bits per heavy atom.